The number of likely N-dealkylation sites (tertiary alicyclic amines) is 1. The molecule has 3 heterocycles. The van der Waals surface area contributed by atoms with Crippen LogP contribution in [0, 0.1) is 11.7 Å². The number of halogens is 1. The number of fused-ring (bicyclic) bond motifs is 4. The van der Waals surface area contributed by atoms with Crippen LogP contribution in [-0.2, 0) is 18.4 Å². The van der Waals surface area contributed by atoms with E-state index in [0.717, 1.165) is 5.56 Å². The summed E-state index contributed by atoms with van der Waals surface area (Å²) in [6.07, 6.45) is 5.70. The van der Waals surface area contributed by atoms with Gasteiger partial charge in [-0.25, -0.2) is 4.39 Å². The van der Waals surface area contributed by atoms with Crippen LogP contribution in [0.5, 0.6) is 5.75 Å². The minimum Gasteiger partial charge on any atom is -0.493 e. The summed E-state index contributed by atoms with van der Waals surface area (Å²) in [6, 6.07) is 3.81. The predicted octanol–water partition coefficient (Wildman–Crippen LogP) is 1.47. The third-order valence-electron chi connectivity index (χ3n) is 5.76. The number of hydrogen-bond acceptors (Lipinski definition) is 5. The number of benzene rings is 1. The molecule has 1 aromatic carbocycles. The molecule has 0 unspecified atom stereocenters. The van der Waals surface area contributed by atoms with E-state index < -0.39 is 5.82 Å². The number of rotatable bonds is 2. The Labute approximate surface area is 180 Å². The second-order valence-corrected chi connectivity index (χ2v) is 8.29. The van der Waals surface area contributed by atoms with Crippen molar-refractivity contribution in [3.05, 3.63) is 47.5 Å². The Bertz CT molecular complexity index is 947. The zero-order valence-corrected chi connectivity index (χ0v) is 17.6. The molecule has 1 aromatic heterocycles. The predicted molar refractivity (Wildman–Crippen MR) is 112 cm³/mol. The van der Waals surface area contributed by atoms with Crippen LogP contribution in [0.2, 0.25) is 0 Å². The van der Waals surface area contributed by atoms with Crippen LogP contribution < -0.4 is 15.4 Å². The molecule has 0 saturated carbocycles. The maximum atomic E-state index is 13.9. The summed E-state index contributed by atoms with van der Waals surface area (Å²) in [7, 11) is 1.87. The van der Waals surface area contributed by atoms with Crippen LogP contribution in [0.3, 0.4) is 0 Å². The fraction of sp³-hybridized carbons (Fsp3) is 0.500. The Kier molecular flexibility index (Phi) is 6.50. The Morgan fingerprint density at radius 1 is 1.26 bits per heavy atom. The van der Waals surface area contributed by atoms with Gasteiger partial charge in [-0.2, -0.15) is 5.10 Å². The molecule has 2 aliphatic rings. The lowest BCUT2D eigenvalue weighted by molar-refractivity contribution is -0.125. The molecule has 8 nitrogen and oxygen atoms in total. The van der Waals surface area contributed by atoms with Crippen molar-refractivity contribution in [2.45, 2.75) is 31.8 Å². The quantitative estimate of drug-likeness (QED) is 0.755. The zero-order valence-electron chi connectivity index (χ0n) is 17.6. The van der Waals surface area contributed by atoms with Gasteiger partial charge >= 0.3 is 0 Å². The number of ether oxygens (including phenoxy) is 1. The summed E-state index contributed by atoms with van der Waals surface area (Å²) in [4.78, 5) is 27.9. The van der Waals surface area contributed by atoms with Gasteiger partial charge < -0.3 is 15.4 Å². The number of nitrogens with one attached hydrogen (secondary N) is 2. The summed E-state index contributed by atoms with van der Waals surface area (Å²) in [5.41, 5.74) is 1.24. The first-order valence-electron chi connectivity index (χ1n) is 10.7. The van der Waals surface area contributed by atoms with E-state index in [9.17, 15) is 14.0 Å². The number of carbonyl (C=O) groups is 2. The van der Waals surface area contributed by atoms with E-state index >= 15 is 0 Å². The van der Waals surface area contributed by atoms with Gasteiger partial charge in [-0.15, -0.1) is 0 Å². The van der Waals surface area contributed by atoms with Crippen LogP contribution in [0.25, 0.3) is 0 Å². The Balaban J connectivity index is 1.59. The molecule has 0 spiro atoms. The first-order chi connectivity index (χ1) is 15.0. The third kappa shape index (κ3) is 5.41. The Morgan fingerprint density at radius 3 is 2.94 bits per heavy atom. The second-order valence-electron chi connectivity index (χ2n) is 8.29. The van der Waals surface area contributed by atoms with Crippen LogP contribution >= 0.6 is 0 Å². The average molecular weight is 429 g/mol. The minimum atomic E-state index is -0.481. The van der Waals surface area contributed by atoms with Gasteiger partial charge in [0.15, 0.2) is 0 Å². The van der Waals surface area contributed by atoms with Crippen molar-refractivity contribution in [1.82, 2.24) is 25.3 Å². The lowest BCUT2D eigenvalue weighted by Gasteiger charge is -2.25. The lowest BCUT2D eigenvalue weighted by atomic mass is 10.0. The molecule has 2 N–H and O–H groups in total. The average Bonchev–Trinajstić information content (AvgIpc) is 3.03. The Hall–Kier alpha value is -2.94. The molecule has 31 heavy (non-hydrogen) atoms. The first kappa shape index (κ1) is 21.3. The molecule has 0 aliphatic carbocycles. The van der Waals surface area contributed by atoms with E-state index in [-0.39, 0.29) is 29.3 Å². The van der Waals surface area contributed by atoms with E-state index in [4.69, 9.17) is 4.74 Å². The maximum Gasteiger partial charge on any atom is 0.255 e. The van der Waals surface area contributed by atoms with Crippen molar-refractivity contribution in [2.24, 2.45) is 13.0 Å². The minimum absolute atomic E-state index is 0.0303. The number of aryl methyl sites for hydroxylation is 1. The molecule has 166 valence electrons. The molecule has 4 rings (SSSR count). The van der Waals surface area contributed by atoms with Crippen LogP contribution in [0.15, 0.2) is 30.6 Å². The van der Waals surface area contributed by atoms with Crippen LogP contribution in [-0.4, -0.2) is 58.8 Å². The maximum absolute atomic E-state index is 13.9. The van der Waals surface area contributed by atoms with Crippen molar-refractivity contribution >= 4 is 11.8 Å². The summed E-state index contributed by atoms with van der Waals surface area (Å²) in [6.45, 7) is 2.65. The van der Waals surface area contributed by atoms with E-state index in [1.54, 1.807) is 4.68 Å². The van der Waals surface area contributed by atoms with Gasteiger partial charge in [0.25, 0.3) is 5.91 Å². The van der Waals surface area contributed by atoms with E-state index in [0.29, 0.717) is 57.8 Å². The summed E-state index contributed by atoms with van der Waals surface area (Å²) in [5, 5.41) is 10.3. The largest absolute Gasteiger partial charge is 0.493 e. The van der Waals surface area contributed by atoms with E-state index in [1.807, 2.05) is 19.4 Å². The highest BCUT2D eigenvalue weighted by Gasteiger charge is 2.30. The second kappa shape index (κ2) is 9.47. The van der Waals surface area contributed by atoms with Crippen molar-refractivity contribution in [3.8, 4) is 5.75 Å². The van der Waals surface area contributed by atoms with Crippen molar-refractivity contribution in [1.29, 1.82) is 0 Å². The summed E-state index contributed by atoms with van der Waals surface area (Å²) >= 11 is 0. The molecule has 0 radical (unpaired) electrons. The molecule has 9 heteroatoms. The van der Waals surface area contributed by atoms with Gasteiger partial charge in [0, 0.05) is 51.0 Å². The van der Waals surface area contributed by atoms with Gasteiger partial charge in [0.05, 0.1) is 24.3 Å². The molecule has 1 saturated heterocycles. The number of aromatic nitrogens is 2. The van der Waals surface area contributed by atoms with Gasteiger partial charge in [-0.3, -0.25) is 19.2 Å². The number of nitrogens with zero attached hydrogens (tertiary/aromatic N) is 3. The van der Waals surface area contributed by atoms with Gasteiger partial charge in [0.1, 0.15) is 11.6 Å². The van der Waals surface area contributed by atoms with Crippen molar-refractivity contribution in [3.63, 3.8) is 0 Å². The fourth-order valence-corrected chi connectivity index (χ4v) is 4.23. The molecule has 2 amide bonds. The highest BCUT2D eigenvalue weighted by molar-refractivity contribution is 5.97. The molecule has 2 bridgehead atoms. The summed E-state index contributed by atoms with van der Waals surface area (Å²) < 4.78 is 21.3. The van der Waals surface area contributed by atoms with Gasteiger partial charge in [0.2, 0.25) is 5.91 Å². The van der Waals surface area contributed by atoms with Gasteiger partial charge in [-0.05, 0) is 37.5 Å². The number of carbonyl (C=O) groups excluding carboxylic acids is 2. The van der Waals surface area contributed by atoms with E-state index in [2.05, 4.69) is 20.6 Å². The molecule has 1 fully saturated rings. The standard InChI is InChI=1S/C22H28FN5O3/c1-27-11-15(10-25-27)12-28-13-16-3-5-18(14-28)26-22(30)19-9-17(23)4-6-20(19)31-8-2-7-24-21(16)29/h4,6,9-11,16,18H,2-3,5,7-8,12-14H2,1H3,(H,24,29)(H,26,30)/t16-,18+/m0/s1. The van der Waals surface area contributed by atoms with Crippen LogP contribution in [0.1, 0.15) is 35.2 Å². The molecule has 2 atom stereocenters. The SMILES string of the molecule is Cn1cc(CN2C[C@H]3CC[C@@H](C2)C(=O)NCCCOc2ccc(F)cc2C(=O)N3)cn1. The highest BCUT2D eigenvalue weighted by Crippen LogP contribution is 2.23. The highest BCUT2D eigenvalue weighted by atomic mass is 19.1. The molecular weight excluding hydrogens is 401 g/mol. The first-order valence-corrected chi connectivity index (χ1v) is 10.7. The zero-order chi connectivity index (χ0) is 21.8. The van der Waals surface area contributed by atoms with E-state index in [1.165, 1.54) is 18.2 Å². The molecule has 2 aromatic rings. The van der Waals surface area contributed by atoms with Crippen molar-refractivity contribution in [2.75, 3.05) is 26.2 Å². The Morgan fingerprint density at radius 2 is 2.13 bits per heavy atom. The molecular formula is C22H28FN5O3. The number of amides is 2. The molecule has 2 aliphatic heterocycles. The monoisotopic (exact) mass is 429 g/mol. The normalized spacial score (nSPS) is 23.2. The topological polar surface area (TPSA) is 88.5 Å². The third-order valence-corrected chi connectivity index (χ3v) is 5.76. The fourth-order valence-electron chi connectivity index (χ4n) is 4.23. The van der Waals surface area contributed by atoms with Crippen LogP contribution in [0.4, 0.5) is 4.39 Å². The van der Waals surface area contributed by atoms with Gasteiger partial charge in [-0.1, -0.05) is 0 Å². The lowest BCUT2D eigenvalue weighted by Crippen LogP contribution is -2.43. The van der Waals surface area contributed by atoms with Crippen molar-refractivity contribution < 1.29 is 18.7 Å². The smallest absolute Gasteiger partial charge is 0.255 e. The number of hydrogen-bond donors (Lipinski definition) is 2. The summed E-state index contributed by atoms with van der Waals surface area (Å²) in [5.74, 6) is -0.623.